The SMILES string of the molecule is Cc1ccccc1[C@@H](C)NC(C)C(=O)NC1CCCC1. The van der Waals surface area contributed by atoms with Gasteiger partial charge in [0.05, 0.1) is 6.04 Å². The quantitative estimate of drug-likeness (QED) is 0.866. The molecule has 110 valence electrons. The first-order chi connectivity index (χ1) is 9.58. The number of hydrogen-bond acceptors (Lipinski definition) is 2. The van der Waals surface area contributed by atoms with Crippen LogP contribution in [-0.2, 0) is 4.79 Å². The fourth-order valence-electron chi connectivity index (χ4n) is 3.01. The molecule has 2 atom stereocenters. The second-order valence-corrected chi connectivity index (χ2v) is 5.96. The molecule has 1 saturated carbocycles. The minimum absolute atomic E-state index is 0.123. The van der Waals surface area contributed by atoms with Gasteiger partial charge >= 0.3 is 0 Å². The van der Waals surface area contributed by atoms with Gasteiger partial charge in [-0.05, 0) is 44.7 Å². The van der Waals surface area contributed by atoms with E-state index in [1.165, 1.54) is 24.0 Å². The Morgan fingerprint density at radius 3 is 2.50 bits per heavy atom. The molecule has 1 amide bonds. The molecule has 1 aromatic rings. The number of rotatable bonds is 5. The van der Waals surface area contributed by atoms with E-state index in [-0.39, 0.29) is 18.0 Å². The third-order valence-electron chi connectivity index (χ3n) is 4.25. The topological polar surface area (TPSA) is 41.1 Å². The smallest absolute Gasteiger partial charge is 0.237 e. The Morgan fingerprint density at radius 1 is 1.20 bits per heavy atom. The molecule has 3 heteroatoms. The van der Waals surface area contributed by atoms with Crippen LogP contribution in [0.15, 0.2) is 24.3 Å². The van der Waals surface area contributed by atoms with Crippen molar-refractivity contribution in [3.63, 3.8) is 0 Å². The molecule has 2 N–H and O–H groups in total. The first-order valence-corrected chi connectivity index (χ1v) is 7.70. The minimum Gasteiger partial charge on any atom is -0.352 e. The Labute approximate surface area is 122 Å². The van der Waals surface area contributed by atoms with Crippen LogP contribution in [0.1, 0.15) is 56.7 Å². The number of nitrogens with one attached hydrogen (secondary N) is 2. The summed E-state index contributed by atoms with van der Waals surface area (Å²) in [7, 11) is 0. The Hall–Kier alpha value is -1.35. The highest BCUT2D eigenvalue weighted by Crippen LogP contribution is 2.19. The predicted octanol–water partition coefficient (Wildman–Crippen LogP) is 3.09. The van der Waals surface area contributed by atoms with E-state index in [4.69, 9.17) is 0 Å². The van der Waals surface area contributed by atoms with E-state index >= 15 is 0 Å². The van der Waals surface area contributed by atoms with Crippen molar-refractivity contribution < 1.29 is 4.79 Å². The second-order valence-electron chi connectivity index (χ2n) is 5.96. The van der Waals surface area contributed by atoms with Crippen molar-refractivity contribution in [1.29, 1.82) is 0 Å². The van der Waals surface area contributed by atoms with Crippen LogP contribution in [0.3, 0.4) is 0 Å². The second kappa shape index (κ2) is 6.89. The molecule has 2 rings (SSSR count). The molecule has 1 fully saturated rings. The van der Waals surface area contributed by atoms with Crippen molar-refractivity contribution in [2.45, 2.75) is 64.6 Å². The Bertz CT molecular complexity index is 452. The highest BCUT2D eigenvalue weighted by atomic mass is 16.2. The van der Waals surface area contributed by atoms with Gasteiger partial charge in [-0.15, -0.1) is 0 Å². The summed E-state index contributed by atoms with van der Waals surface area (Å²) in [5.74, 6) is 0.123. The van der Waals surface area contributed by atoms with E-state index in [0.29, 0.717) is 6.04 Å². The highest BCUT2D eigenvalue weighted by Gasteiger charge is 2.22. The average Bonchev–Trinajstić information content (AvgIpc) is 2.91. The summed E-state index contributed by atoms with van der Waals surface area (Å²) in [6.45, 7) is 6.16. The van der Waals surface area contributed by atoms with Gasteiger partial charge in [0, 0.05) is 12.1 Å². The maximum absolute atomic E-state index is 12.2. The third kappa shape index (κ3) is 3.83. The fraction of sp³-hybridized carbons (Fsp3) is 0.588. The molecule has 0 spiro atoms. The molecule has 0 saturated heterocycles. The number of carbonyl (C=O) groups is 1. The van der Waals surface area contributed by atoms with Gasteiger partial charge in [-0.25, -0.2) is 0 Å². The lowest BCUT2D eigenvalue weighted by atomic mass is 10.0. The molecule has 1 aliphatic rings. The summed E-state index contributed by atoms with van der Waals surface area (Å²) < 4.78 is 0. The Balaban J connectivity index is 1.88. The van der Waals surface area contributed by atoms with E-state index in [2.05, 4.69) is 36.6 Å². The van der Waals surface area contributed by atoms with Crippen molar-refractivity contribution in [2.75, 3.05) is 0 Å². The summed E-state index contributed by atoms with van der Waals surface area (Å²) in [4.78, 5) is 12.2. The molecule has 0 aromatic heterocycles. The first-order valence-electron chi connectivity index (χ1n) is 7.70. The lowest BCUT2D eigenvalue weighted by Gasteiger charge is -2.23. The van der Waals surface area contributed by atoms with Gasteiger partial charge in [-0.3, -0.25) is 10.1 Å². The van der Waals surface area contributed by atoms with Crippen LogP contribution >= 0.6 is 0 Å². The molecular formula is C17H26N2O. The van der Waals surface area contributed by atoms with Crippen LogP contribution in [0.25, 0.3) is 0 Å². The lowest BCUT2D eigenvalue weighted by molar-refractivity contribution is -0.123. The summed E-state index contributed by atoms with van der Waals surface area (Å²) >= 11 is 0. The van der Waals surface area contributed by atoms with E-state index in [0.717, 1.165) is 12.8 Å². The van der Waals surface area contributed by atoms with E-state index in [1.54, 1.807) is 0 Å². The van der Waals surface area contributed by atoms with Crippen molar-refractivity contribution in [3.05, 3.63) is 35.4 Å². The fourth-order valence-corrected chi connectivity index (χ4v) is 3.01. The normalized spacial score (nSPS) is 18.8. The molecule has 0 aliphatic heterocycles. The van der Waals surface area contributed by atoms with Crippen molar-refractivity contribution >= 4 is 5.91 Å². The number of aryl methyl sites for hydroxylation is 1. The van der Waals surface area contributed by atoms with E-state index in [1.807, 2.05) is 19.1 Å². The molecule has 1 unspecified atom stereocenters. The van der Waals surface area contributed by atoms with Gasteiger partial charge in [0.25, 0.3) is 0 Å². The van der Waals surface area contributed by atoms with Gasteiger partial charge in [0.15, 0.2) is 0 Å². The predicted molar refractivity (Wildman–Crippen MR) is 82.6 cm³/mol. The summed E-state index contributed by atoms with van der Waals surface area (Å²) in [6.07, 6.45) is 4.75. The van der Waals surface area contributed by atoms with Gasteiger partial charge in [-0.2, -0.15) is 0 Å². The largest absolute Gasteiger partial charge is 0.352 e. The minimum atomic E-state index is -0.162. The number of amides is 1. The number of hydrogen-bond donors (Lipinski definition) is 2. The maximum atomic E-state index is 12.2. The van der Waals surface area contributed by atoms with Crippen LogP contribution in [0.2, 0.25) is 0 Å². The van der Waals surface area contributed by atoms with E-state index < -0.39 is 0 Å². The van der Waals surface area contributed by atoms with Crippen LogP contribution in [0.5, 0.6) is 0 Å². The number of benzene rings is 1. The van der Waals surface area contributed by atoms with Crippen LogP contribution < -0.4 is 10.6 Å². The van der Waals surface area contributed by atoms with Gasteiger partial charge in [0.1, 0.15) is 0 Å². The zero-order chi connectivity index (χ0) is 14.5. The van der Waals surface area contributed by atoms with Crippen LogP contribution in [-0.4, -0.2) is 18.0 Å². The van der Waals surface area contributed by atoms with Crippen LogP contribution in [0.4, 0.5) is 0 Å². The highest BCUT2D eigenvalue weighted by molar-refractivity contribution is 5.81. The lowest BCUT2D eigenvalue weighted by Crippen LogP contribution is -2.46. The van der Waals surface area contributed by atoms with Gasteiger partial charge < -0.3 is 5.32 Å². The van der Waals surface area contributed by atoms with Gasteiger partial charge in [-0.1, -0.05) is 37.1 Å². The molecular weight excluding hydrogens is 248 g/mol. The Morgan fingerprint density at radius 2 is 1.85 bits per heavy atom. The maximum Gasteiger partial charge on any atom is 0.237 e. The molecule has 1 aromatic carbocycles. The van der Waals surface area contributed by atoms with Crippen molar-refractivity contribution in [3.8, 4) is 0 Å². The summed E-state index contributed by atoms with van der Waals surface area (Å²) in [6, 6.07) is 8.72. The van der Waals surface area contributed by atoms with E-state index in [9.17, 15) is 4.79 Å². The molecule has 0 heterocycles. The molecule has 1 aliphatic carbocycles. The van der Waals surface area contributed by atoms with Crippen LogP contribution in [0, 0.1) is 6.92 Å². The zero-order valence-corrected chi connectivity index (χ0v) is 12.8. The molecule has 0 bridgehead atoms. The third-order valence-corrected chi connectivity index (χ3v) is 4.25. The standard InChI is InChI=1S/C17H26N2O/c1-12-8-4-7-11-16(12)13(2)18-14(3)17(20)19-15-9-5-6-10-15/h4,7-8,11,13-15,18H,5-6,9-10H2,1-3H3,(H,19,20)/t13-,14?/m1/s1. The summed E-state index contributed by atoms with van der Waals surface area (Å²) in [5, 5.41) is 6.55. The zero-order valence-electron chi connectivity index (χ0n) is 12.8. The molecule has 3 nitrogen and oxygen atoms in total. The average molecular weight is 274 g/mol. The number of carbonyl (C=O) groups excluding carboxylic acids is 1. The molecule has 0 radical (unpaired) electrons. The summed E-state index contributed by atoms with van der Waals surface area (Å²) in [5.41, 5.74) is 2.52. The Kier molecular flexibility index (Phi) is 5.18. The molecule has 20 heavy (non-hydrogen) atoms. The first kappa shape index (κ1) is 15.0. The van der Waals surface area contributed by atoms with Gasteiger partial charge in [0.2, 0.25) is 5.91 Å². The monoisotopic (exact) mass is 274 g/mol. The van der Waals surface area contributed by atoms with Crippen molar-refractivity contribution in [2.24, 2.45) is 0 Å². The van der Waals surface area contributed by atoms with Crippen molar-refractivity contribution in [1.82, 2.24) is 10.6 Å².